The molecule has 0 fully saturated rings. The highest BCUT2D eigenvalue weighted by Gasteiger charge is 2.12. The molecule has 0 spiro atoms. The average molecular weight is 232 g/mol. The summed E-state index contributed by atoms with van der Waals surface area (Å²) in [7, 11) is 1.68. The third-order valence-electron chi connectivity index (χ3n) is 2.82. The predicted molar refractivity (Wildman–Crippen MR) is 68.4 cm³/mol. The summed E-state index contributed by atoms with van der Waals surface area (Å²) in [6.45, 7) is 4.80. The van der Waals surface area contributed by atoms with Crippen LogP contribution in [-0.2, 0) is 11.3 Å². The highest BCUT2D eigenvalue weighted by Crippen LogP contribution is 2.15. The van der Waals surface area contributed by atoms with Crippen LogP contribution in [0, 0.1) is 11.3 Å². The van der Waals surface area contributed by atoms with E-state index in [4.69, 9.17) is 10.00 Å². The van der Waals surface area contributed by atoms with Gasteiger partial charge in [-0.3, -0.25) is 5.32 Å². The van der Waals surface area contributed by atoms with E-state index in [0.29, 0.717) is 12.6 Å². The quantitative estimate of drug-likeness (QED) is 0.820. The molecule has 1 aromatic carbocycles. The van der Waals surface area contributed by atoms with Crippen molar-refractivity contribution in [1.82, 2.24) is 5.32 Å². The van der Waals surface area contributed by atoms with Crippen molar-refractivity contribution in [3.05, 3.63) is 35.4 Å². The third kappa shape index (κ3) is 4.18. The summed E-state index contributed by atoms with van der Waals surface area (Å²) in [6.07, 6.45) is 1.01. The topological polar surface area (TPSA) is 45.0 Å². The molecule has 0 saturated heterocycles. The monoisotopic (exact) mass is 232 g/mol. The zero-order chi connectivity index (χ0) is 12.7. The smallest absolute Gasteiger partial charge is 0.121 e. The van der Waals surface area contributed by atoms with E-state index in [1.54, 1.807) is 7.11 Å². The van der Waals surface area contributed by atoms with Gasteiger partial charge in [-0.05, 0) is 24.5 Å². The standard InChI is InChI=1S/C14H20N2O/c1-4-11(2)16-14(9-15)13-7-5-12(6-8-13)10-17-3/h5-8,11,14,16H,4,10H2,1-3H3. The van der Waals surface area contributed by atoms with E-state index in [-0.39, 0.29) is 6.04 Å². The van der Waals surface area contributed by atoms with Gasteiger partial charge >= 0.3 is 0 Å². The summed E-state index contributed by atoms with van der Waals surface area (Å²) >= 11 is 0. The van der Waals surface area contributed by atoms with Gasteiger partial charge in [0.15, 0.2) is 0 Å². The Bertz CT molecular complexity index is 367. The van der Waals surface area contributed by atoms with E-state index in [9.17, 15) is 0 Å². The number of nitrogens with zero attached hydrogens (tertiary/aromatic N) is 1. The van der Waals surface area contributed by atoms with Gasteiger partial charge < -0.3 is 4.74 Å². The van der Waals surface area contributed by atoms with E-state index in [0.717, 1.165) is 17.5 Å². The normalized spacial score (nSPS) is 14.0. The molecule has 1 N–H and O–H groups in total. The van der Waals surface area contributed by atoms with Crippen molar-refractivity contribution < 1.29 is 4.74 Å². The van der Waals surface area contributed by atoms with Crippen LogP contribution < -0.4 is 5.32 Å². The van der Waals surface area contributed by atoms with E-state index in [1.165, 1.54) is 0 Å². The maximum absolute atomic E-state index is 9.16. The first-order valence-electron chi connectivity index (χ1n) is 5.94. The first kappa shape index (κ1) is 13.7. The molecule has 0 bridgehead atoms. The van der Waals surface area contributed by atoms with Gasteiger partial charge in [-0.15, -0.1) is 0 Å². The Morgan fingerprint density at radius 2 is 2.00 bits per heavy atom. The number of nitriles is 1. The molecular weight excluding hydrogens is 212 g/mol. The highest BCUT2D eigenvalue weighted by molar-refractivity contribution is 5.28. The molecule has 0 amide bonds. The van der Waals surface area contributed by atoms with Crippen LogP contribution in [0.3, 0.4) is 0 Å². The van der Waals surface area contributed by atoms with Crippen LogP contribution in [0.5, 0.6) is 0 Å². The average Bonchev–Trinajstić information content (AvgIpc) is 2.37. The summed E-state index contributed by atoms with van der Waals surface area (Å²) in [5, 5.41) is 12.5. The van der Waals surface area contributed by atoms with Gasteiger partial charge in [0.25, 0.3) is 0 Å². The predicted octanol–water partition coefficient (Wildman–Crippen LogP) is 2.79. The van der Waals surface area contributed by atoms with Gasteiger partial charge in [-0.25, -0.2) is 0 Å². The number of methoxy groups -OCH3 is 1. The Hall–Kier alpha value is -1.37. The fourth-order valence-electron chi connectivity index (χ4n) is 1.58. The van der Waals surface area contributed by atoms with Gasteiger partial charge in [-0.2, -0.15) is 5.26 Å². The Labute approximate surface area is 103 Å². The van der Waals surface area contributed by atoms with Crippen molar-refractivity contribution in [2.75, 3.05) is 7.11 Å². The molecule has 17 heavy (non-hydrogen) atoms. The molecule has 1 rings (SSSR count). The Balaban J connectivity index is 2.72. The number of benzene rings is 1. The Morgan fingerprint density at radius 1 is 1.35 bits per heavy atom. The van der Waals surface area contributed by atoms with Gasteiger partial charge in [0.1, 0.15) is 6.04 Å². The molecule has 2 unspecified atom stereocenters. The molecule has 3 nitrogen and oxygen atoms in total. The molecule has 2 atom stereocenters. The van der Waals surface area contributed by atoms with Crippen LogP contribution in [-0.4, -0.2) is 13.2 Å². The summed E-state index contributed by atoms with van der Waals surface area (Å²) < 4.78 is 5.06. The molecule has 0 saturated carbocycles. The SMILES string of the molecule is CCC(C)NC(C#N)c1ccc(COC)cc1. The number of ether oxygens (including phenoxy) is 1. The van der Waals surface area contributed by atoms with Crippen LogP contribution >= 0.6 is 0 Å². The van der Waals surface area contributed by atoms with E-state index < -0.39 is 0 Å². The second-order valence-electron chi connectivity index (χ2n) is 4.21. The minimum Gasteiger partial charge on any atom is -0.380 e. The van der Waals surface area contributed by atoms with Gasteiger partial charge in [0.2, 0.25) is 0 Å². The number of rotatable bonds is 6. The number of nitrogens with one attached hydrogen (secondary N) is 1. The Morgan fingerprint density at radius 3 is 2.47 bits per heavy atom. The minimum atomic E-state index is -0.235. The van der Waals surface area contributed by atoms with E-state index in [1.807, 2.05) is 24.3 Å². The van der Waals surface area contributed by atoms with Crippen molar-refractivity contribution in [3.8, 4) is 6.07 Å². The second-order valence-corrected chi connectivity index (χ2v) is 4.21. The molecule has 3 heteroatoms. The molecule has 92 valence electrons. The lowest BCUT2D eigenvalue weighted by Gasteiger charge is -2.17. The summed E-state index contributed by atoms with van der Waals surface area (Å²) in [6, 6.07) is 10.4. The van der Waals surface area contributed by atoms with Crippen molar-refractivity contribution in [2.45, 2.75) is 39.0 Å². The molecule has 1 aromatic rings. The van der Waals surface area contributed by atoms with Crippen molar-refractivity contribution in [1.29, 1.82) is 5.26 Å². The molecule has 0 aliphatic rings. The summed E-state index contributed by atoms with van der Waals surface area (Å²) in [4.78, 5) is 0. The molecule has 0 heterocycles. The molecular formula is C14H20N2O. The Kier molecular flexibility index (Phi) is 5.68. The summed E-state index contributed by atoms with van der Waals surface area (Å²) in [5.74, 6) is 0. The van der Waals surface area contributed by atoms with Gasteiger partial charge in [-0.1, -0.05) is 31.2 Å². The lowest BCUT2D eigenvalue weighted by Crippen LogP contribution is -2.29. The second kappa shape index (κ2) is 7.05. The number of hydrogen-bond acceptors (Lipinski definition) is 3. The first-order chi connectivity index (χ1) is 8.21. The fraction of sp³-hybridized carbons (Fsp3) is 0.500. The summed E-state index contributed by atoms with van der Waals surface area (Å²) in [5.41, 5.74) is 2.13. The van der Waals surface area contributed by atoms with E-state index >= 15 is 0 Å². The van der Waals surface area contributed by atoms with Crippen molar-refractivity contribution in [2.24, 2.45) is 0 Å². The molecule has 0 aliphatic heterocycles. The molecule has 0 aromatic heterocycles. The zero-order valence-corrected chi connectivity index (χ0v) is 10.7. The maximum atomic E-state index is 9.16. The maximum Gasteiger partial charge on any atom is 0.121 e. The van der Waals surface area contributed by atoms with Gasteiger partial charge in [0, 0.05) is 13.2 Å². The number of hydrogen-bond donors (Lipinski definition) is 1. The van der Waals surface area contributed by atoms with Crippen LogP contribution in [0.25, 0.3) is 0 Å². The minimum absolute atomic E-state index is 0.235. The lowest BCUT2D eigenvalue weighted by atomic mass is 10.0. The van der Waals surface area contributed by atoms with Crippen molar-refractivity contribution in [3.63, 3.8) is 0 Å². The largest absolute Gasteiger partial charge is 0.380 e. The van der Waals surface area contributed by atoms with E-state index in [2.05, 4.69) is 25.2 Å². The van der Waals surface area contributed by atoms with Crippen LogP contribution in [0.15, 0.2) is 24.3 Å². The first-order valence-corrected chi connectivity index (χ1v) is 5.94. The third-order valence-corrected chi connectivity index (χ3v) is 2.82. The highest BCUT2D eigenvalue weighted by atomic mass is 16.5. The van der Waals surface area contributed by atoms with Crippen LogP contribution in [0.4, 0.5) is 0 Å². The lowest BCUT2D eigenvalue weighted by molar-refractivity contribution is 0.185. The fourth-order valence-corrected chi connectivity index (χ4v) is 1.58. The molecule has 0 radical (unpaired) electrons. The molecule has 0 aliphatic carbocycles. The van der Waals surface area contributed by atoms with Gasteiger partial charge in [0.05, 0.1) is 12.7 Å². The van der Waals surface area contributed by atoms with Crippen LogP contribution in [0.1, 0.15) is 37.4 Å². The van der Waals surface area contributed by atoms with Crippen molar-refractivity contribution >= 4 is 0 Å². The zero-order valence-electron chi connectivity index (χ0n) is 10.7. The van der Waals surface area contributed by atoms with Crippen LogP contribution in [0.2, 0.25) is 0 Å².